The third kappa shape index (κ3) is 2.52. The second kappa shape index (κ2) is 5.09. The number of aliphatic carboxylic acids is 1. The molecule has 1 saturated carbocycles. The lowest BCUT2D eigenvalue weighted by Gasteiger charge is -2.32. The van der Waals surface area contributed by atoms with Gasteiger partial charge < -0.3 is 14.7 Å². The monoisotopic (exact) mass is 275 g/mol. The van der Waals surface area contributed by atoms with Gasteiger partial charge in [-0.15, -0.1) is 0 Å². The van der Waals surface area contributed by atoms with Crippen LogP contribution >= 0.6 is 0 Å². The molecule has 0 atom stereocenters. The van der Waals surface area contributed by atoms with E-state index in [-0.39, 0.29) is 11.8 Å². The Morgan fingerprint density at radius 2 is 2.05 bits per heavy atom. The van der Waals surface area contributed by atoms with Gasteiger partial charge in [-0.25, -0.2) is 0 Å². The number of ether oxygens (including phenoxy) is 1. The Hall–Kier alpha value is -1.55. The Bertz CT molecular complexity index is 516. The third-order valence-corrected chi connectivity index (χ3v) is 4.42. The van der Waals surface area contributed by atoms with Crippen LogP contribution in [-0.2, 0) is 14.9 Å². The molecular weight excluding hydrogens is 254 g/mol. The number of rotatable bonds is 4. The number of carbonyl (C=O) groups is 1. The maximum atomic E-state index is 11.2. The molecule has 1 saturated heterocycles. The van der Waals surface area contributed by atoms with Crippen LogP contribution in [0.15, 0.2) is 18.2 Å². The molecule has 1 aromatic carbocycles. The zero-order valence-electron chi connectivity index (χ0n) is 11.9. The molecule has 0 unspecified atom stereocenters. The van der Waals surface area contributed by atoms with Crippen LogP contribution < -0.4 is 4.90 Å². The van der Waals surface area contributed by atoms with Crippen molar-refractivity contribution in [1.29, 1.82) is 0 Å². The second-order valence-corrected chi connectivity index (χ2v) is 5.97. The summed E-state index contributed by atoms with van der Waals surface area (Å²) in [6.07, 6.45) is 2.22. The number of benzene rings is 1. The fourth-order valence-electron chi connectivity index (χ4n) is 3.14. The topological polar surface area (TPSA) is 49.8 Å². The van der Waals surface area contributed by atoms with Crippen molar-refractivity contribution < 1.29 is 14.6 Å². The number of hydrogen-bond acceptors (Lipinski definition) is 3. The Labute approximate surface area is 119 Å². The highest BCUT2D eigenvalue weighted by atomic mass is 16.5. The van der Waals surface area contributed by atoms with Crippen LogP contribution in [-0.4, -0.2) is 37.4 Å². The second-order valence-electron chi connectivity index (χ2n) is 5.97. The number of nitrogens with zero attached hydrogens (tertiary/aromatic N) is 1. The van der Waals surface area contributed by atoms with Crippen molar-refractivity contribution in [3.8, 4) is 0 Å². The first-order valence-electron chi connectivity index (χ1n) is 7.26. The molecular formula is C16H21NO3. The summed E-state index contributed by atoms with van der Waals surface area (Å²) in [6, 6.07) is 6.45. The van der Waals surface area contributed by atoms with Gasteiger partial charge in [0.1, 0.15) is 0 Å². The zero-order chi connectivity index (χ0) is 14.2. The number of carboxylic acids is 1. The molecule has 1 aliphatic heterocycles. The zero-order valence-corrected chi connectivity index (χ0v) is 11.9. The molecule has 20 heavy (non-hydrogen) atoms. The summed E-state index contributed by atoms with van der Waals surface area (Å²) in [4.78, 5) is 13.5. The average molecular weight is 275 g/mol. The van der Waals surface area contributed by atoms with Crippen molar-refractivity contribution in [2.24, 2.45) is 0 Å². The van der Waals surface area contributed by atoms with E-state index in [4.69, 9.17) is 4.74 Å². The fourth-order valence-corrected chi connectivity index (χ4v) is 3.14. The van der Waals surface area contributed by atoms with E-state index in [9.17, 15) is 9.90 Å². The number of carboxylic acid groups (broad SMARTS) is 1. The molecule has 4 nitrogen and oxygen atoms in total. The minimum atomic E-state index is -0.697. The van der Waals surface area contributed by atoms with Crippen LogP contribution in [0.25, 0.3) is 0 Å². The lowest BCUT2D eigenvalue weighted by atomic mass is 9.89. The molecule has 0 spiro atoms. The van der Waals surface area contributed by atoms with Crippen LogP contribution in [0.5, 0.6) is 0 Å². The van der Waals surface area contributed by atoms with Crippen LogP contribution in [0.1, 0.15) is 30.4 Å². The maximum absolute atomic E-state index is 11.2. The van der Waals surface area contributed by atoms with E-state index >= 15 is 0 Å². The van der Waals surface area contributed by atoms with Crippen LogP contribution in [0.4, 0.5) is 5.69 Å². The summed E-state index contributed by atoms with van der Waals surface area (Å²) in [7, 11) is 0. The van der Waals surface area contributed by atoms with Gasteiger partial charge in [0.05, 0.1) is 19.6 Å². The highest BCUT2D eigenvalue weighted by Crippen LogP contribution is 2.54. The van der Waals surface area contributed by atoms with Crippen molar-refractivity contribution in [3.05, 3.63) is 29.3 Å². The van der Waals surface area contributed by atoms with E-state index in [1.54, 1.807) is 0 Å². The Morgan fingerprint density at radius 3 is 2.65 bits per heavy atom. The van der Waals surface area contributed by atoms with Crippen molar-refractivity contribution in [1.82, 2.24) is 0 Å². The van der Waals surface area contributed by atoms with Gasteiger partial charge in [0.25, 0.3) is 0 Å². The molecule has 1 aromatic rings. The molecule has 0 radical (unpaired) electrons. The molecule has 0 aromatic heterocycles. The number of hydrogen-bond donors (Lipinski definition) is 1. The van der Waals surface area contributed by atoms with Crippen LogP contribution in [0.3, 0.4) is 0 Å². The summed E-state index contributed by atoms with van der Waals surface area (Å²) in [6.45, 7) is 5.35. The van der Waals surface area contributed by atoms with Crippen LogP contribution in [0, 0.1) is 6.92 Å². The Balaban J connectivity index is 1.96. The summed E-state index contributed by atoms with van der Waals surface area (Å²) < 4.78 is 5.41. The number of morpholine rings is 1. The Kier molecular flexibility index (Phi) is 3.42. The van der Waals surface area contributed by atoms with Gasteiger partial charge in [0.15, 0.2) is 0 Å². The van der Waals surface area contributed by atoms with Gasteiger partial charge in [-0.05, 0) is 31.4 Å². The molecule has 2 fully saturated rings. The molecule has 1 N–H and O–H groups in total. The summed E-state index contributed by atoms with van der Waals surface area (Å²) in [5, 5.41) is 9.19. The van der Waals surface area contributed by atoms with Crippen molar-refractivity contribution >= 4 is 11.7 Å². The van der Waals surface area contributed by atoms with E-state index < -0.39 is 5.97 Å². The average Bonchev–Trinajstić information content (AvgIpc) is 3.19. The lowest BCUT2D eigenvalue weighted by molar-refractivity contribution is -0.137. The largest absolute Gasteiger partial charge is 0.481 e. The number of anilines is 1. The third-order valence-electron chi connectivity index (χ3n) is 4.42. The molecule has 4 heteroatoms. The summed E-state index contributed by atoms with van der Waals surface area (Å²) >= 11 is 0. The van der Waals surface area contributed by atoms with Crippen LogP contribution in [0.2, 0.25) is 0 Å². The first kappa shape index (κ1) is 13.4. The first-order valence-corrected chi connectivity index (χ1v) is 7.26. The van der Waals surface area contributed by atoms with Gasteiger partial charge in [-0.2, -0.15) is 0 Å². The minimum Gasteiger partial charge on any atom is -0.481 e. The SMILES string of the molecule is Cc1ccc(N2CCOCC2)c(C2(CC(=O)O)CC2)c1. The summed E-state index contributed by atoms with van der Waals surface area (Å²) in [5.74, 6) is -0.697. The van der Waals surface area contributed by atoms with E-state index in [0.29, 0.717) is 0 Å². The van der Waals surface area contributed by atoms with Gasteiger partial charge in [0, 0.05) is 24.2 Å². The van der Waals surface area contributed by atoms with Crippen molar-refractivity contribution in [3.63, 3.8) is 0 Å². The minimum absolute atomic E-state index is 0.133. The smallest absolute Gasteiger partial charge is 0.304 e. The lowest BCUT2D eigenvalue weighted by Crippen LogP contribution is -2.37. The van der Waals surface area contributed by atoms with E-state index in [0.717, 1.165) is 39.1 Å². The molecule has 2 aliphatic rings. The molecule has 1 aliphatic carbocycles. The van der Waals surface area contributed by atoms with E-state index in [1.807, 2.05) is 0 Å². The molecule has 3 rings (SSSR count). The standard InChI is InChI=1S/C16H21NO3/c1-12-2-3-14(17-6-8-20-9-7-17)13(10-12)16(4-5-16)11-15(18)19/h2-3,10H,4-9,11H2,1H3,(H,18,19). The first-order chi connectivity index (χ1) is 9.61. The predicted octanol–water partition coefficient (Wildman–Crippen LogP) is 2.34. The van der Waals surface area contributed by atoms with Crippen molar-refractivity contribution in [2.75, 3.05) is 31.2 Å². The molecule has 0 bridgehead atoms. The maximum Gasteiger partial charge on any atom is 0.304 e. The number of aryl methyl sites for hydroxylation is 1. The van der Waals surface area contributed by atoms with E-state index in [1.165, 1.54) is 16.8 Å². The van der Waals surface area contributed by atoms with E-state index in [2.05, 4.69) is 30.0 Å². The highest BCUT2D eigenvalue weighted by molar-refractivity contribution is 5.72. The molecule has 108 valence electrons. The van der Waals surface area contributed by atoms with Gasteiger partial charge in [0.2, 0.25) is 0 Å². The highest BCUT2D eigenvalue weighted by Gasteiger charge is 2.47. The predicted molar refractivity (Wildman–Crippen MR) is 77.4 cm³/mol. The fraction of sp³-hybridized carbons (Fsp3) is 0.562. The van der Waals surface area contributed by atoms with Gasteiger partial charge in [-0.3, -0.25) is 4.79 Å². The molecule has 0 amide bonds. The quantitative estimate of drug-likeness (QED) is 0.916. The molecule has 1 heterocycles. The van der Waals surface area contributed by atoms with Crippen molar-refractivity contribution in [2.45, 2.75) is 31.6 Å². The Morgan fingerprint density at radius 1 is 1.35 bits per heavy atom. The van der Waals surface area contributed by atoms with Gasteiger partial charge in [-0.1, -0.05) is 17.7 Å². The summed E-state index contributed by atoms with van der Waals surface area (Å²) in [5.41, 5.74) is 3.50. The van der Waals surface area contributed by atoms with Gasteiger partial charge >= 0.3 is 5.97 Å². The normalized spacial score (nSPS) is 20.8.